The minimum atomic E-state index is -1.80. The monoisotopic (exact) mass is 472 g/mol. The third-order valence-corrected chi connectivity index (χ3v) is 6.47. The Bertz CT molecular complexity index is 835. The second-order valence-electron chi connectivity index (χ2n) is 8.63. The topological polar surface area (TPSA) is 181 Å². The van der Waals surface area contributed by atoms with Gasteiger partial charge in [0, 0.05) is 0 Å². The van der Waals surface area contributed by atoms with Crippen LogP contribution in [0.3, 0.4) is 0 Å². The van der Waals surface area contributed by atoms with Crippen LogP contribution < -0.4 is 0 Å². The molecule has 4 rings (SSSR count). The van der Waals surface area contributed by atoms with E-state index in [9.17, 15) is 35.1 Å². The zero-order valence-corrected chi connectivity index (χ0v) is 17.9. The molecule has 0 radical (unpaired) electrons. The van der Waals surface area contributed by atoms with E-state index in [-0.39, 0.29) is 24.5 Å². The third-order valence-electron chi connectivity index (χ3n) is 6.47. The molecule has 2 heterocycles. The molecule has 5 N–H and O–H groups in total. The van der Waals surface area contributed by atoms with Gasteiger partial charge in [0.05, 0.1) is 31.8 Å². The summed E-state index contributed by atoms with van der Waals surface area (Å²) in [6.45, 7) is -0.826. The molecule has 0 unspecified atom stereocenters. The standard InChI is InChI=1S/C21H28O12/c1-29-18(27)11-7-31-19(13-10(6-22)4-5-21(11,13)28)33-20-16(25)15(24)14(23)12(32-20)8-30-17(26)9-2-3-9/h4,7,9,12-16,19-20,22-25,28H,2-3,5-6,8H2,1H3/t12-,13+,14-,15+,16-,19+,20+,21+/m1/s1. The molecule has 1 saturated heterocycles. The van der Waals surface area contributed by atoms with Crippen molar-refractivity contribution >= 4 is 11.9 Å². The summed E-state index contributed by atoms with van der Waals surface area (Å²) < 4.78 is 26.6. The van der Waals surface area contributed by atoms with Crippen molar-refractivity contribution in [1.29, 1.82) is 0 Å². The number of carbonyl (C=O) groups excluding carboxylic acids is 2. The summed E-state index contributed by atoms with van der Waals surface area (Å²) in [6.07, 6.45) is -5.06. The van der Waals surface area contributed by atoms with Gasteiger partial charge in [0.15, 0.2) is 6.29 Å². The van der Waals surface area contributed by atoms with Gasteiger partial charge in [-0.1, -0.05) is 6.08 Å². The van der Waals surface area contributed by atoms with Crippen LogP contribution in [0, 0.1) is 11.8 Å². The summed E-state index contributed by atoms with van der Waals surface area (Å²) in [5.74, 6) is -2.48. The van der Waals surface area contributed by atoms with Crippen molar-refractivity contribution in [2.24, 2.45) is 11.8 Å². The lowest BCUT2D eigenvalue weighted by molar-refractivity contribution is -0.343. The number of carbonyl (C=O) groups is 2. The average Bonchev–Trinajstić information content (AvgIpc) is 3.59. The molecule has 184 valence electrons. The Morgan fingerprint density at radius 1 is 1.15 bits per heavy atom. The number of hydrogen-bond donors (Lipinski definition) is 5. The zero-order chi connectivity index (χ0) is 23.9. The molecule has 0 amide bonds. The number of esters is 2. The van der Waals surface area contributed by atoms with Gasteiger partial charge in [-0.05, 0) is 24.8 Å². The van der Waals surface area contributed by atoms with E-state index < -0.39 is 67.1 Å². The van der Waals surface area contributed by atoms with Crippen LogP contribution in [0.5, 0.6) is 0 Å². The summed E-state index contributed by atoms with van der Waals surface area (Å²) in [7, 11) is 1.15. The molecule has 0 aromatic heterocycles. The number of ether oxygens (including phenoxy) is 5. The normalized spacial score (nSPS) is 40.2. The molecule has 2 aliphatic carbocycles. The van der Waals surface area contributed by atoms with Gasteiger partial charge in [0.2, 0.25) is 6.29 Å². The molecule has 0 bridgehead atoms. The second kappa shape index (κ2) is 9.29. The average molecular weight is 472 g/mol. The highest BCUT2D eigenvalue weighted by molar-refractivity contribution is 5.91. The highest BCUT2D eigenvalue weighted by Gasteiger charge is 2.57. The SMILES string of the molecule is COC(=O)C1=CO[C@@H](O[C@@H]2O[C@H](COC(=O)C3CC3)[C@@H](O)[C@H](O)[C@H]2O)[C@@H]2C(CO)=CC[C@]12O. The van der Waals surface area contributed by atoms with E-state index in [1.807, 2.05) is 0 Å². The molecule has 0 spiro atoms. The van der Waals surface area contributed by atoms with E-state index >= 15 is 0 Å². The van der Waals surface area contributed by atoms with Crippen molar-refractivity contribution in [3.05, 3.63) is 23.5 Å². The van der Waals surface area contributed by atoms with Crippen molar-refractivity contribution in [2.45, 2.75) is 61.9 Å². The third kappa shape index (κ3) is 4.39. The van der Waals surface area contributed by atoms with Crippen molar-refractivity contribution in [2.75, 3.05) is 20.3 Å². The van der Waals surface area contributed by atoms with E-state index in [1.54, 1.807) is 6.08 Å². The maximum Gasteiger partial charge on any atom is 0.339 e. The molecule has 2 fully saturated rings. The fourth-order valence-electron chi connectivity index (χ4n) is 4.35. The van der Waals surface area contributed by atoms with Gasteiger partial charge in [-0.3, -0.25) is 4.79 Å². The lowest BCUT2D eigenvalue weighted by Gasteiger charge is -2.44. The van der Waals surface area contributed by atoms with Crippen LogP contribution in [0.2, 0.25) is 0 Å². The van der Waals surface area contributed by atoms with Crippen molar-refractivity contribution in [3.8, 4) is 0 Å². The predicted octanol–water partition coefficient (Wildman–Crippen LogP) is -2.15. The summed E-state index contributed by atoms with van der Waals surface area (Å²) in [6, 6.07) is 0. The fourth-order valence-corrected chi connectivity index (χ4v) is 4.35. The molecule has 4 aliphatic rings. The molecule has 12 heteroatoms. The van der Waals surface area contributed by atoms with Crippen molar-refractivity contribution < 1.29 is 58.8 Å². The molecule has 1 saturated carbocycles. The van der Waals surface area contributed by atoms with E-state index in [0.717, 1.165) is 26.2 Å². The van der Waals surface area contributed by atoms with E-state index in [1.165, 1.54) is 0 Å². The van der Waals surface area contributed by atoms with Gasteiger partial charge < -0.3 is 49.2 Å². The van der Waals surface area contributed by atoms with Crippen LogP contribution in [0.1, 0.15) is 19.3 Å². The first kappa shape index (κ1) is 24.1. The molecule has 12 nitrogen and oxygen atoms in total. The van der Waals surface area contributed by atoms with Gasteiger partial charge in [0.1, 0.15) is 42.2 Å². The quantitative estimate of drug-likeness (QED) is 0.200. The Labute approximate surface area is 188 Å². The van der Waals surface area contributed by atoms with Crippen LogP contribution >= 0.6 is 0 Å². The lowest BCUT2D eigenvalue weighted by atomic mass is 9.79. The molecular weight excluding hydrogens is 444 g/mol. The molecular formula is C21H28O12. The Hall–Kier alpha value is -2.06. The number of rotatable bonds is 7. The van der Waals surface area contributed by atoms with Crippen LogP contribution in [-0.4, -0.2) is 100 Å². The van der Waals surface area contributed by atoms with Crippen LogP contribution in [0.4, 0.5) is 0 Å². The van der Waals surface area contributed by atoms with E-state index in [2.05, 4.69) is 0 Å². The summed E-state index contributed by atoms with van der Waals surface area (Å²) >= 11 is 0. The first-order valence-electron chi connectivity index (χ1n) is 10.7. The van der Waals surface area contributed by atoms with Crippen molar-refractivity contribution in [3.63, 3.8) is 0 Å². The van der Waals surface area contributed by atoms with E-state index in [0.29, 0.717) is 5.57 Å². The maximum atomic E-state index is 12.1. The zero-order valence-electron chi connectivity index (χ0n) is 17.9. The lowest BCUT2D eigenvalue weighted by Crippen LogP contribution is -2.61. The fraction of sp³-hybridized carbons (Fsp3) is 0.714. The predicted molar refractivity (Wildman–Crippen MR) is 105 cm³/mol. The summed E-state index contributed by atoms with van der Waals surface area (Å²) in [5.41, 5.74) is -1.64. The van der Waals surface area contributed by atoms with Gasteiger partial charge >= 0.3 is 11.9 Å². The van der Waals surface area contributed by atoms with E-state index in [4.69, 9.17) is 23.7 Å². The first-order chi connectivity index (χ1) is 15.7. The number of aliphatic hydroxyl groups is 5. The summed E-state index contributed by atoms with van der Waals surface area (Å²) in [4.78, 5) is 24.0. The van der Waals surface area contributed by atoms with Crippen molar-refractivity contribution in [1.82, 2.24) is 0 Å². The first-order valence-corrected chi connectivity index (χ1v) is 10.7. The maximum absolute atomic E-state index is 12.1. The van der Waals surface area contributed by atoms with Gasteiger partial charge in [0.25, 0.3) is 0 Å². The van der Waals surface area contributed by atoms with Gasteiger partial charge in [-0.25, -0.2) is 4.79 Å². The Balaban J connectivity index is 1.51. The van der Waals surface area contributed by atoms with Crippen LogP contribution in [0.15, 0.2) is 23.5 Å². The Morgan fingerprint density at radius 3 is 2.52 bits per heavy atom. The summed E-state index contributed by atoms with van der Waals surface area (Å²) in [5, 5.41) is 51.9. The molecule has 0 aromatic carbocycles. The molecule has 2 aliphatic heterocycles. The highest BCUT2D eigenvalue weighted by Crippen LogP contribution is 2.47. The number of fused-ring (bicyclic) bond motifs is 1. The number of hydrogen-bond acceptors (Lipinski definition) is 12. The molecule has 8 atom stereocenters. The Morgan fingerprint density at radius 2 is 1.88 bits per heavy atom. The van der Waals surface area contributed by atoms with Crippen LogP contribution in [0.25, 0.3) is 0 Å². The number of aliphatic hydroxyl groups excluding tert-OH is 4. The number of methoxy groups -OCH3 is 1. The smallest absolute Gasteiger partial charge is 0.339 e. The van der Waals surface area contributed by atoms with Gasteiger partial charge in [-0.15, -0.1) is 0 Å². The van der Waals surface area contributed by atoms with Crippen LogP contribution in [-0.2, 0) is 33.3 Å². The minimum Gasteiger partial charge on any atom is -0.471 e. The minimum absolute atomic E-state index is 0.0210. The highest BCUT2D eigenvalue weighted by atomic mass is 16.8. The van der Waals surface area contributed by atoms with Gasteiger partial charge in [-0.2, -0.15) is 0 Å². The second-order valence-corrected chi connectivity index (χ2v) is 8.63. The largest absolute Gasteiger partial charge is 0.471 e. The Kier molecular flexibility index (Phi) is 6.78. The molecule has 33 heavy (non-hydrogen) atoms. The molecule has 0 aromatic rings.